The van der Waals surface area contributed by atoms with Crippen molar-refractivity contribution in [1.82, 2.24) is 20.6 Å². The summed E-state index contributed by atoms with van der Waals surface area (Å²) < 4.78 is 26.2. The maximum Gasteiger partial charge on any atom is 0.337 e. The molecule has 3 amide bonds. The normalized spacial score (nSPS) is 14.8. The summed E-state index contributed by atoms with van der Waals surface area (Å²) in [4.78, 5) is 62.6. The molecule has 15 nitrogen and oxygen atoms in total. The van der Waals surface area contributed by atoms with Gasteiger partial charge in [0.25, 0.3) is 5.91 Å². The number of fused-ring (bicyclic) bond motifs is 3. The molecule has 0 unspecified atom stereocenters. The minimum absolute atomic E-state index is 0.0659. The van der Waals surface area contributed by atoms with Gasteiger partial charge in [-0.05, 0) is 36.4 Å². The average molecular weight is 791 g/mol. The lowest BCUT2D eigenvalue weighted by molar-refractivity contribution is -0.140. The summed E-state index contributed by atoms with van der Waals surface area (Å²) in [5, 5.41) is 11.9. The molecule has 0 atom stereocenters. The van der Waals surface area contributed by atoms with Gasteiger partial charge in [0.2, 0.25) is 11.8 Å². The van der Waals surface area contributed by atoms with Crippen LogP contribution in [0.1, 0.15) is 89.3 Å². The van der Waals surface area contributed by atoms with Crippen molar-refractivity contribution in [3.8, 4) is 17.2 Å². The molecule has 0 radical (unpaired) electrons. The molecule has 0 bridgehead atoms. The first kappa shape index (κ1) is 44.0. The third-order valence-corrected chi connectivity index (χ3v) is 9.08. The highest BCUT2D eigenvalue weighted by atomic mass is 16.5. The Hall–Kier alpha value is -5.67. The van der Waals surface area contributed by atoms with E-state index >= 15 is 0 Å². The number of hydrogen-bond acceptors (Lipinski definition) is 12. The van der Waals surface area contributed by atoms with Crippen LogP contribution in [0.25, 0.3) is 0 Å². The number of hydrogen-bond donors (Lipinski definition) is 3. The van der Waals surface area contributed by atoms with Gasteiger partial charge in [0, 0.05) is 59.3 Å². The minimum atomic E-state index is -0.590. The molecular weight excluding hydrogens is 736 g/mol. The zero-order valence-corrected chi connectivity index (χ0v) is 34.0. The highest BCUT2D eigenvalue weighted by Gasteiger charge is 2.31. The summed E-state index contributed by atoms with van der Waals surface area (Å²) >= 11 is 0. The first-order chi connectivity index (χ1) is 27.0. The number of carbonyl (C=O) groups excluding carboxylic acids is 5. The van der Waals surface area contributed by atoms with Crippen LogP contribution in [0.5, 0.6) is 17.2 Å². The van der Waals surface area contributed by atoms with E-state index in [9.17, 15) is 24.0 Å². The number of benzene rings is 3. The molecule has 3 N–H and O–H groups in total. The lowest BCUT2D eigenvalue weighted by Crippen LogP contribution is -2.40. The number of methoxy groups -OCH3 is 2. The van der Waals surface area contributed by atoms with Gasteiger partial charge in [-0.2, -0.15) is 0 Å². The molecule has 57 heavy (non-hydrogen) atoms. The molecule has 0 aromatic heterocycles. The highest BCUT2D eigenvalue weighted by Crippen LogP contribution is 2.29. The number of esters is 2. The second kappa shape index (κ2) is 19.5. The monoisotopic (exact) mass is 790 g/mol. The summed E-state index contributed by atoms with van der Waals surface area (Å²) in [7, 11) is 2.72. The smallest absolute Gasteiger partial charge is 0.337 e. The van der Waals surface area contributed by atoms with Crippen LogP contribution in [-0.4, -0.2) is 98.3 Å². The van der Waals surface area contributed by atoms with Gasteiger partial charge in [-0.15, -0.1) is 0 Å². The molecule has 3 aliphatic rings. The van der Waals surface area contributed by atoms with E-state index in [2.05, 4.69) is 10.1 Å². The molecule has 0 aliphatic carbocycles. The number of hydroxylamine groups is 1. The molecule has 0 spiro atoms. The fourth-order valence-corrected chi connectivity index (χ4v) is 6.02. The molecule has 308 valence electrons. The zero-order chi connectivity index (χ0) is 41.9. The van der Waals surface area contributed by atoms with Crippen LogP contribution in [0.15, 0.2) is 54.6 Å². The van der Waals surface area contributed by atoms with Gasteiger partial charge in [0.1, 0.15) is 37.1 Å². The fourth-order valence-electron chi connectivity index (χ4n) is 6.02. The summed E-state index contributed by atoms with van der Waals surface area (Å²) in [5.41, 5.74) is 4.83. The second-order valence-electron chi connectivity index (χ2n) is 15.6. The Morgan fingerprint density at radius 3 is 1.47 bits per heavy atom. The SMILES string of the molecule is CC(C)(C)C(=O)N1CCOc2cc(C(=O)NO)ccc2C1.COC(=O)c1ccc2c(c1)OCCN(C(=O)C(C)(C)C)C2.COC(=O)c1ccc2c(c1)OCCNC2. The quantitative estimate of drug-likeness (QED) is 0.188. The van der Waals surface area contributed by atoms with Crippen LogP contribution in [0, 0.1) is 10.8 Å². The summed E-state index contributed by atoms with van der Waals surface area (Å²) in [5.74, 6) is 0.817. The standard InChI is InChI=1S/C16H21NO4.C15H20N2O4.C11H13NO3/c1-16(2,3)15(19)17-7-8-21-13-9-11(14(18)20-4)5-6-12(13)10-17;1-15(2,3)14(19)17-6-7-21-12-8-10(13(18)16-20)4-5-11(12)9-17;1-14-11(13)8-2-3-9-7-12-4-5-15-10(9)6-8/h5-6,9H,7-8,10H2,1-4H3;4-5,8,20H,6-7,9H2,1-3H3,(H,16,18);2-3,6,12H,4-5,7H2,1H3. The van der Waals surface area contributed by atoms with Gasteiger partial charge in [-0.1, -0.05) is 59.7 Å². The summed E-state index contributed by atoms with van der Waals surface area (Å²) in [6.45, 7) is 16.4. The first-order valence-electron chi connectivity index (χ1n) is 18.6. The Balaban J connectivity index is 0.000000192. The Morgan fingerprint density at radius 1 is 0.632 bits per heavy atom. The van der Waals surface area contributed by atoms with Crippen molar-refractivity contribution in [2.24, 2.45) is 10.8 Å². The van der Waals surface area contributed by atoms with Crippen LogP contribution in [0.3, 0.4) is 0 Å². The molecule has 3 aromatic carbocycles. The Kier molecular flexibility index (Phi) is 15.0. The molecule has 15 heteroatoms. The van der Waals surface area contributed by atoms with Crippen molar-refractivity contribution in [2.75, 3.05) is 53.7 Å². The van der Waals surface area contributed by atoms with Crippen molar-refractivity contribution in [2.45, 2.75) is 61.2 Å². The van der Waals surface area contributed by atoms with E-state index in [1.165, 1.54) is 14.2 Å². The molecule has 3 aromatic rings. The lowest BCUT2D eigenvalue weighted by atomic mass is 9.94. The van der Waals surface area contributed by atoms with Crippen molar-refractivity contribution < 1.29 is 52.9 Å². The van der Waals surface area contributed by atoms with E-state index in [0.29, 0.717) is 74.2 Å². The molecule has 6 rings (SSSR count). The van der Waals surface area contributed by atoms with Crippen LogP contribution in [0.4, 0.5) is 0 Å². The van der Waals surface area contributed by atoms with E-state index in [-0.39, 0.29) is 17.8 Å². The molecular formula is C42H54N4O11. The highest BCUT2D eigenvalue weighted by molar-refractivity contribution is 5.94. The first-order valence-corrected chi connectivity index (χ1v) is 18.6. The van der Waals surface area contributed by atoms with Gasteiger partial charge in [-0.25, -0.2) is 15.1 Å². The number of amides is 3. The van der Waals surface area contributed by atoms with Gasteiger partial charge in [0.05, 0.1) is 38.4 Å². The van der Waals surface area contributed by atoms with Crippen molar-refractivity contribution in [3.05, 3.63) is 88.0 Å². The van der Waals surface area contributed by atoms with Gasteiger partial charge >= 0.3 is 11.9 Å². The van der Waals surface area contributed by atoms with E-state index in [4.69, 9.17) is 24.2 Å². The Morgan fingerprint density at radius 2 is 1.04 bits per heavy atom. The number of nitrogens with one attached hydrogen (secondary N) is 2. The maximum atomic E-state index is 12.4. The number of carbonyl (C=O) groups is 5. The second-order valence-corrected chi connectivity index (χ2v) is 15.6. The molecule has 0 saturated carbocycles. The van der Waals surface area contributed by atoms with E-state index in [1.807, 2.05) is 53.7 Å². The van der Waals surface area contributed by atoms with Crippen LogP contribution >= 0.6 is 0 Å². The van der Waals surface area contributed by atoms with Crippen molar-refractivity contribution in [1.29, 1.82) is 0 Å². The summed E-state index contributed by atoms with van der Waals surface area (Å²) in [6, 6.07) is 15.5. The molecule has 0 fully saturated rings. The largest absolute Gasteiger partial charge is 0.492 e. The number of ether oxygens (including phenoxy) is 5. The number of rotatable bonds is 3. The lowest BCUT2D eigenvalue weighted by Gasteiger charge is -2.27. The van der Waals surface area contributed by atoms with Gasteiger partial charge in [0.15, 0.2) is 0 Å². The maximum absolute atomic E-state index is 12.4. The average Bonchev–Trinajstić information content (AvgIpc) is 3.66. The van der Waals surface area contributed by atoms with E-state index < -0.39 is 22.7 Å². The van der Waals surface area contributed by atoms with Crippen molar-refractivity contribution >= 4 is 29.7 Å². The predicted molar refractivity (Wildman–Crippen MR) is 209 cm³/mol. The molecule has 3 aliphatic heterocycles. The minimum Gasteiger partial charge on any atom is -0.492 e. The van der Waals surface area contributed by atoms with Crippen LogP contribution in [0.2, 0.25) is 0 Å². The van der Waals surface area contributed by atoms with Gasteiger partial charge in [-0.3, -0.25) is 19.6 Å². The topological polar surface area (TPSA) is 182 Å². The van der Waals surface area contributed by atoms with Crippen molar-refractivity contribution in [3.63, 3.8) is 0 Å². The third kappa shape index (κ3) is 11.9. The third-order valence-electron chi connectivity index (χ3n) is 9.08. The molecule has 0 saturated heterocycles. The van der Waals surface area contributed by atoms with E-state index in [0.717, 1.165) is 35.5 Å². The van der Waals surface area contributed by atoms with Crippen LogP contribution in [-0.2, 0) is 38.7 Å². The Labute approximate surface area is 333 Å². The predicted octanol–water partition coefficient (Wildman–Crippen LogP) is 4.77. The van der Waals surface area contributed by atoms with Gasteiger partial charge < -0.3 is 38.8 Å². The van der Waals surface area contributed by atoms with Crippen LogP contribution < -0.4 is 25.0 Å². The summed E-state index contributed by atoms with van der Waals surface area (Å²) in [6.07, 6.45) is 0. The van der Waals surface area contributed by atoms with E-state index in [1.54, 1.807) is 57.7 Å². The molecule has 3 heterocycles. The Bertz CT molecular complexity index is 1830. The number of nitrogens with zero attached hydrogens (tertiary/aromatic N) is 2. The zero-order valence-electron chi connectivity index (χ0n) is 34.0. The fraction of sp³-hybridized carbons (Fsp3) is 0.452.